The zero-order valence-corrected chi connectivity index (χ0v) is 12.2. The zero-order chi connectivity index (χ0) is 13.8. The summed E-state index contributed by atoms with van der Waals surface area (Å²) in [4.78, 5) is 11.1. The maximum absolute atomic E-state index is 11.1. The van der Waals surface area contributed by atoms with Gasteiger partial charge in [-0.25, -0.2) is 0 Å². The van der Waals surface area contributed by atoms with Gasteiger partial charge in [-0.3, -0.25) is 4.79 Å². The van der Waals surface area contributed by atoms with E-state index in [9.17, 15) is 4.79 Å². The molecule has 0 radical (unpaired) electrons. The van der Waals surface area contributed by atoms with Crippen LogP contribution in [0.5, 0.6) is 0 Å². The molecule has 2 rings (SSSR count). The first-order valence-corrected chi connectivity index (χ1v) is 6.75. The standard InChI is InChI=1S/C15H15BrN2O/c1-10-8-11(15(17)19)6-7-14(10)18-9-12-4-2-3-5-13(12)16/h2-8,18H,9H2,1H3,(H2,17,19). The van der Waals surface area contributed by atoms with Crippen molar-refractivity contribution < 1.29 is 4.79 Å². The molecule has 0 spiro atoms. The molecule has 0 saturated carbocycles. The van der Waals surface area contributed by atoms with Crippen LogP contribution >= 0.6 is 15.9 Å². The summed E-state index contributed by atoms with van der Waals surface area (Å²) in [5.74, 6) is -0.402. The number of carbonyl (C=O) groups is 1. The minimum Gasteiger partial charge on any atom is -0.381 e. The van der Waals surface area contributed by atoms with Crippen molar-refractivity contribution in [2.45, 2.75) is 13.5 Å². The van der Waals surface area contributed by atoms with Crippen molar-refractivity contribution in [2.24, 2.45) is 5.73 Å². The lowest BCUT2D eigenvalue weighted by molar-refractivity contribution is 0.1000. The summed E-state index contributed by atoms with van der Waals surface area (Å²) in [5, 5.41) is 3.35. The molecule has 98 valence electrons. The lowest BCUT2D eigenvalue weighted by Crippen LogP contribution is -2.11. The van der Waals surface area contributed by atoms with Gasteiger partial charge in [-0.05, 0) is 42.3 Å². The van der Waals surface area contributed by atoms with Gasteiger partial charge in [0.1, 0.15) is 0 Å². The number of hydrogen-bond acceptors (Lipinski definition) is 2. The van der Waals surface area contributed by atoms with Crippen LogP contribution in [0.3, 0.4) is 0 Å². The average molecular weight is 319 g/mol. The predicted octanol–water partition coefficient (Wildman–Crippen LogP) is 3.47. The maximum Gasteiger partial charge on any atom is 0.248 e. The van der Waals surface area contributed by atoms with Crippen molar-refractivity contribution in [1.82, 2.24) is 0 Å². The van der Waals surface area contributed by atoms with Gasteiger partial charge in [0.15, 0.2) is 0 Å². The van der Waals surface area contributed by atoms with E-state index in [-0.39, 0.29) is 0 Å². The maximum atomic E-state index is 11.1. The van der Waals surface area contributed by atoms with Gasteiger partial charge in [-0.1, -0.05) is 34.1 Å². The molecule has 2 aromatic rings. The van der Waals surface area contributed by atoms with Gasteiger partial charge >= 0.3 is 0 Å². The summed E-state index contributed by atoms with van der Waals surface area (Å²) < 4.78 is 1.08. The second-order valence-electron chi connectivity index (χ2n) is 4.34. The fourth-order valence-corrected chi connectivity index (χ4v) is 2.27. The molecular formula is C15H15BrN2O. The number of anilines is 1. The Morgan fingerprint density at radius 3 is 2.63 bits per heavy atom. The van der Waals surface area contributed by atoms with Crippen molar-refractivity contribution in [3.63, 3.8) is 0 Å². The number of benzene rings is 2. The minimum absolute atomic E-state index is 0.402. The van der Waals surface area contributed by atoms with Crippen LogP contribution in [0.2, 0.25) is 0 Å². The molecule has 3 N–H and O–H groups in total. The number of nitrogens with one attached hydrogen (secondary N) is 1. The quantitative estimate of drug-likeness (QED) is 0.906. The van der Waals surface area contributed by atoms with E-state index in [1.807, 2.05) is 31.2 Å². The SMILES string of the molecule is Cc1cc(C(N)=O)ccc1NCc1ccccc1Br. The van der Waals surface area contributed by atoms with Crippen LogP contribution in [0.4, 0.5) is 5.69 Å². The van der Waals surface area contributed by atoms with Gasteiger partial charge in [0.2, 0.25) is 5.91 Å². The van der Waals surface area contributed by atoms with Gasteiger partial charge < -0.3 is 11.1 Å². The third kappa shape index (κ3) is 3.35. The number of hydrogen-bond donors (Lipinski definition) is 2. The molecule has 3 nitrogen and oxygen atoms in total. The van der Waals surface area contributed by atoms with Crippen LogP contribution in [-0.4, -0.2) is 5.91 Å². The van der Waals surface area contributed by atoms with Gasteiger partial charge in [0.25, 0.3) is 0 Å². The third-order valence-electron chi connectivity index (χ3n) is 2.94. The molecule has 0 heterocycles. The molecule has 0 aromatic heterocycles. The van der Waals surface area contributed by atoms with Crippen LogP contribution in [0.15, 0.2) is 46.9 Å². The van der Waals surface area contributed by atoms with E-state index in [2.05, 4.69) is 27.3 Å². The highest BCUT2D eigenvalue weighted by molar-refractivity contribution is 9.10. The Kier molecular flexibility index (Phi) is 4.22. The van der Waals surface area contributed by atoms with Crippen molar-refractivity contribution in [1.29, 1.82) is 0 Å². The first-order valence-electron chi connectivity index (χ1n) is 5.95. The van der Waals surface area contributed by atoms with E-state index >= 15 is 0 Å². The largest absolute Gasteiger partial charge is 0.381 e. The Labute approximate surface area is 121 Å². The number of carbonyl (C=O) groups excluding carboxylic acids is 1. The molecule has 2 aromatic carbocycles. The molecule has 19 heavy (non-hydrogen) atoms. The highest BCUT2D eigenvalue weighted by Crippen LogP contribution is 2.20. The molecule has 0 unspecified atom stereocenters. The van der Waals surface area contributed by atoms with Crippen LogP contribution in [0.1, 0.15) is 21.5 Å². The van der Waals surface area contributed by atoms with Crippen LogP contribution in [0, 0.1) is 6.92 Å². The second kappa shape index (κ2) is 5.89. The molecule has 1 amide bonds. The number of primary amides is 1. The van der Waals surface area contributed by atoms with E-state index < -0.39 is 5.91 Å². The molecule has 0 aliphatic carbocycles. The zero-order valence-electron chi connectivity index (χ0n) is 10.6. The summed E-state index contributed by atoms with van der Waals surface area (Å²) in [6, 6.07) is 13.5. The fourth-order valence-electron chi connectivity index (χ4n) is 1.85. The number of nitrogens with two attached hydrogens (primary N) is 1. The summed E-state index contributed by atoms with van der Waals surface area (Å²) in [6.07, 6.45) is 0. The molecule has 0 saturated heterocycles. The number of halogens is 1. The van der Waals surface area contributed by atoms with Crippen molar-refractivity contribution in [3.05, 3.63) is 63.6 Å². The Balaban J connectivity index is 2.12. The van der Waals surface area contributed by atoms with Crippen LogP contribution in [0.25, 0.3) is 0 Å². The van der Waals surface area contributed by atoms with E-state index in [0.717, 1.165) is 22.3 Å². The fraction of sp³-hybridized carbons (Fsp3) is 0.133. The van der Waals surface area contributed by atoms with Crippen molar-refractivity contribution >= 4 is 27.5 Å². The molecule has 0 aliphatic rings. The summed E-state index contributed by atoms with van der Waals surface area (Å²) in [6.45, 7) is 2.67. The van der Waals surface area contributed by atoms with Crippen molar-refractivity contribution in [3.8, 4) is 0 Å². The van der Waals surface area contributed by atoms with Gasteiger partial charge in [0.05, 0.1) is 0 Å². The highest BCUT2D eigenvalue weighted by atomic mass is 79.9. The lowest BCUT2D eigenvalue weighted by Gasteiger charge is -2.11. The molecule has 4 heteroatoms. The van der Waals surface area contributed by atoms with Gasteiger partial charge in [-0.2, -0.15) is 0 Å². The van der Waals surface area contributed by atoms with Gasteiger partial charge in [-0.15, -0.1) is 0 Å². The van der Waals surface area contributed by atoms with E-state index in [1.54, 1.807) is 12.1 Å². The first-order chi connectivity index (χ1) is 9.08. The third-order valence-corrected chi connectivity index (χ3v) is 3.71. The predicted molar refractivity (Wildman–Crippen MR) is 81.2 cm³/mol. The molecule has 0 aliphatic heterocycles. The lowest BCUT2D eigenvalue weighted by atomic mass is 10.1. The summed E-state index contributed by atoms with van der Waals surface area (Å²) in [5.41, 5.74) is 8.97. The Morgan fingerprint density at radius 1 is 1.26 bits per heavy atom. The highest BCUT2D eigenvalue weighted by Gasteiger charge is 2.04. The molecule has 0 atom stereocenters. The molecule has 0 bridgehead atoms. The number of aryl methyl sites for hydroxylation is 1. The normalized spacial score (nSPS) is 10.2. The Bertz CT molecular complexity index is 611. The van der Waals surface area contributed by atoms with Crippen LogP contribution in [-0.2, 0) is 6.54 Å². The van der Waals surface area contributed by atoms with Crippen molar-refractivity contribution in [2.75, 3.05) is 5.32 Å². The van der Waals surface area contributed by atoms with Gasteiger partial charge in [0, 0.05) is 22.3 Å². The van der Waals surface area contributed by atoms with E-state index in [0.29, 0.717) is 5.56 Å². The topological polar surface area (TPSA) is 55.1 Å². The average Bonchev–Trinajstić information content (AvgIpc) is 2.39. The smallest absolute Gasteiger partial charge is 0.248 e. The monoisotopic (exact) mass is 318 g/mol. The second-order valence-corrected chi connectivity index (χ2v) is 5.19. The molecular weight excluding hydrogens is 304 g/mol. The Morgan fingerprint density at radius 2 is 2.00 bits per heavy atom. The first kappa shape index (κ1) is 13.6. The number of rotatable bonds is 4. The summed E-state index contributed by atoms with van der Waals surface area (Å²) >= 11 is 3.52. The van der Waals surface area contributed by atoms with E-state index in [1.165, 1.54) is 5.56 Å². The Hall–Kier alpha value is -1.81. The van der Waals surface area contributed by atoms with Crippen LogP contribution < -0.4 is 11.1 Å². The number of amides is 1. The minimum atomic E-state index is -0.402. The molecule has 0 fully saturated rings. The summed E-state index contributed by atoms with van der Waals surface area (Å²) in [7, 11) is 0. The van der Waals surface area contributed by atoms with E-state index in [4.69, 9.17) is 5.73 Å².